The van der Waals surface area contributed by atoms with Crippen LogP contribution < -0.4 is 20.7 Å². The molecule has 8 heteroatoms. The van der Waals surface area contributed by atoms with Gasteiger partial charge in [-0.1, -0.05) is 0 Å². The van der Waals surface area contributed by atoms with Crippen molar-refractivity contribution in [2.45, 2.75) is 18.6 Å². The van der Waals surface area contributed by atoms with Gasteiger partial charge in [-0.3, -0.25) is 15.2 Å². The smallest absolute Gasteiger partial charge is 0.230 e. The molecule has 1 aliphatic rings. The van der Waals surface area contributed by atoms with E-state index >= 15 is 0 Å². The SMILES string of the molecule is CC(=O)NN.COc1cc2c(cc1OC)C(C(S)C#N)=NCC2. The molecule has 23 heavy (non-hydrogen) atoms. The number of fused-ring (bicyclic) bond motifs is 1. The topological polar surface area (TPSA) is 110 Å². The van der Waals surface area contributed by atoms with E-state index in [0.717, 1.165) is 17.5 Å². The van der Waals surface area contributed by atoms with Gasteiger partial charge >= 0.3 is 0 Å². The lowest BCUT2D eigenvalue weighted by Crippen LogP contribution is -2.26. The van der Waals surface area contributed by atoms with Crippen molar-refractivity contribution >= 4 is 24.2 Å². The standard InChI is InChI=1S/C13H14N2O2S.C2H6N2O/c1-16-10-5-8-3-4-15-13(12(18)7-14)9(8)6-11(10)17-2;1-2(5)4-3/h5-6,12,18H,3-4H2,1-2H3;3H2,1H3,(H,4,5). The zero-order chi connectivity index (χ0) is 17.4. The van der Waals surface area contributed by atoms with Gasteiger partial charge in [0, 0.05) is 19.0 Å². The van der Waals surface area contributed by atoms with Gasteiger partial charge in [-0.2, -0.15) is 17.9 Å². The molecule has 0 bridgehead atoms. The van der Waals surface area contributed by atoms with Crippen LogP contribution in [0.3, 0.4) is 0 Å². The first-order chi connectivity index (χ1) is 11.0. The molecule has 0 spiro atoms. The number of rotatable bonds is 3. The highest BCUT2D eigenvalue weighted by Crippen LogP contribution is 2.33. The van der Waals surface area contributed by atoms with E-state index in [1.807, 2.05) is 17.6 Å². The van der Waals surface area contributed by atoms with Crippen LogP contribution in [0.4, 0.5) is 0 Å². The summed E-state index contributed by atoms with van der Waals surface area (Å²) in [4.78, 5) is 14.0. The van der Waals surface area contributed by atoms with E-state index in [4.69, 9.17) is 14.7 Å². The minimum atomic E-state index is -0.512. The summed E-state index contributed by atoms with van der Waals surface area (Å²) in [6, 6.07) is 5.92. The van der Waals surface area contributed by atoms with Crippen molar-refractivity contribution in [1.82, 2.24) is 5.43 Å². The second-order valence-corrected chi connectivity index (χ2v) is 5.13. The lowest BCUT2D eigenvalue weighted by atomic mass is 9.95. The molecule has 3 N–H and O–H groups in total. The molecule has 0 aliphatic carbocycles. The van der Waals surface area contributed by atoms with Gasteiger partial charge in [-0.05, 0) is 24.1 Å². The second-order valence-electron chi connectivity index (χ2n) is 4.61. The number of aliphatic imine (C=N–C) groups is 1. The largest absolute Gasteiger partial charge is 0.493 e. The van der Waals surface area contributed by atoms with Crippen molar-refractivity contribution < 1.29 is 14.3 Å². The molecule has 124 valence electrons. The van der Waals surface area contributed by atoms with E-state index in [-0.39, 0.29) is 5.91 Å². The number of amides is 1. The molecule has 1 unspecified atom stereocenters. The Balaban J connectivity index is 0.000000463. The van der Waals surface area contributed by atoms with E-state index in [1.54, 1.807) is 14.2 Å². The summed E-state index contributed by atoms with van der Waals surface area (Å²) in [7, 11) is 3.20. The molecule has 2 rings (SSSR count). The Labute approximate surface area is 140 Å². The number of nitriles is 1. The van der Waals surface area contributed by atoms with Crippen molar-refractivity contribution in [3.63, 3.8) is 0 Å². The summed E-state index contributed by atoms with van der Waals surface area (Å²) in [6.45, 7) is 2.02. The highest BCUT2D eigenvalue weighted by Gasteiger charge is 2.22. The summed E-state index contributed by atoms with van der Waals surface area (Å²) >= 11 is 4.25. The third kappa shape index (κ3) is 4.87. The van der Waals surface area contributed by atoms with Crippen LogP contribution in [-0.4, -0.2) is 37.6 Å². The number of nitrogens with one attached hydrogen (secondary N) is 1. The number of ether oxygens (including phenoxy) is 2. The molecule has 1 heterocycles. The molecule has 0 radical (unpaired) electrons. The quantitative estimate of drug-likeness (QED) is 0.328. The number of methoxy groups -OCH3 is 2. The van der Waals surface area contributed by atoms with E-state index in [1.165, 1.54) is 6.92 Å². The molecule has 1 aromatic carbocycles. The Morgan fingerprint density at radius 2 is 2.00 bits per heavy atom. The number of carbonyl (C=O) groups is 1. The predicted octanol–water partition coefficient (Wildman–Crippen LogP) is 0.867. The van der Waals surface area contributed by atoms with Crippen LogP contribution in [0.25, 0.3) is 0 Å². The number of hydrogen-bond acceptors (Lipinski definition) is 7. The molecule has 1 amide bonds. The maximum absolute atomic E-state index is 9.58. The van der Waals surface area contributed by atoms with Gasteiger partial charge in [0.2, 0.25) is 5.91 Å². The molecule has 0 saturated carbocycles. The lowest BCUT2D eigenvalue weighted by molar-refractivity contribution is -0.119. The Bertz CT molecular complexity index is 640. The average Bonchev–Trinajstić information content (AvgIpc) is 2.59. The molecule has 1 aliphatic heterocycles. The highest BCUT2D eigenvalue weighted by atomic mass is 32.1. The van der Waals surface area contributed by atoms with E-state index in [0.29, 0.717) is 23.8 Å². The van der Waals surface area contributed by atoms with Crippen molar-refractivity contribution in [3.8, 4) is 17.6 Å². The molecule has 0 aromatic heterocycles. The minimum absolute atomic E-state index is 0.218. The maximum Gasteiger partial charge on any atom is 0.230 e. The van der Waals surface area contributed by atoms with E-state index < -0.39 is 5.25 Å². The van der Waals surface area contributed by atoms with Crippen molar-refractivity contribution in [2.75, 3.05) is 20.8 Å². The number of carbonyl (C=O) groups excluding carboxylic acids is 1. The van der Waals surface area contributed by atoms with Crippen molar-refractivity contribution in [2.24, 2.45) is 10.8 Å². The molecule has 1 aromatic rings. The second kappa shape index (κ2) is 9.02. The Morgan fingerprint density at radius 3 is 2.48 bits per heavy atom. The fourth-order valence-corrected chi connectivity index (χ4v) is 2.26. The molecule has 1 atom stereocenters. The maximum atomic E-state index is 9.58. The zero-order valence-corrected chi connectivity index (χ0v) is 14.2. The zero-order valence-electron chi connectivity index (χ0n) is 13.3. The van der Waals surface area contributed by atoms with Crippen LogP contribution in [0, 0.1) is 11.3 Å². The van der Waals surface area contributed by atoms with Gasteiger partial charge < -0.3 is 9.47 Å². The Kier molecular flexibility index (Phi) is 7.38. The minimum Gasteiger partial charge on any atom is -0.493 e. The van der Waals surface area contributed by atoms with E-state index in [9.17, 15) is 4.79 Å². The number of thiol groups is 1. The third-order valence-corrected chi connectivity index (χ3v) is 3.49. The van der Waals surface area contributed by atoms with Gasteiger partial charge in [0.25, 0.3) is 0 Å². The fraction of sp³-hybridized carbons (Fsp3) is 0.400. The van der Waals surface area contributed by atoms with Gasteiger partial charge in [0.1, 0.15) is 5.25 Å². The summed E-state index contributed by atoms with van der Waals surface area (Å²) in [5, 5.41) is 8.46. The lowest BCUT2D eigenvalue weighted by Gasteiger charge is -2.20. The number of benzene rings is 1. The van der Waals surface area contributed by atoms with Gasteiger partial charge in [0.15, 0.2) is 11.5 Å². The molecular weight excluding hydrogens is 316 g/mol. The van der Waals surface area contributed by atoms with Crippen LogP contribution in [0.5, 0.6) is 11.5 Å². The fourth-order valence-electron chi connectivity index (χ4n) is 2.04. The van der Waals surface area contributed by atoms with Crippen molar-refractivity contribution in [3.05, 3.63) is 23.3 Å². The monoisotopic (exact) mass is 336 g/mol. The number of hydrogen-bond donors (Lipinski definition) is 3. The average molecular weight is 336 g/mol. The first-order valence-corrected chi connectivity index (χ1v) is 7.34. The van der Waals surface area contributed by atoms with Gasteiger partial charge in [-0.15, -0.1) is 0 Å². The van der Waals surface area contributed by atoms with Gasteiger partial charge in [-0.25, -0.2) is 5.84 Å². The Hall–Kier alpha value is -2.24. The summed E-state index contributed by atoms with van der Waals surface area (Å²) in [5.74, 6) is 5.70. The third-order valence-electron chi connectivity index (χ3n) is 3.13. The van der Waals surface area contributed by atoms with Crippen LogP contribution in [0.1, 0.15) is 18.1 Å². The summed E-state index contributed by atoms with van der Waals surface area (Å²) < 4.78 is 10.6. The van der Waals surface area contributed by atoms with Crippen LogP contribution in [-0.2, 0) is 11.2 Å². The predicted molar refractivity (Wildman–Crippen MR) is 91.0 cm³/mol. The van der Waals surface area contributed by atoms with E-state index in [2.05, 4.69) is 29.5 Å². The first kappa shape index (κ1) is 18.8. The molecule has 0 saturated heterocycles. The summed E-state index contributed by atoms with van der Waals surface area (Å²) in [6.07, 6.45) is 0.838. The number of nitrogens with zero attached hydrogens (tertiary/aromatic N) is 2. The number of nitrogens with two attached hydrogens (primary N) is 1. The van der Waals surface area contributed by atoms with Crippen LogP contribution in [0.2, 0.25) is 0 Å². The number of hydrazine groups is 1. The normalized spacial score (nSPS) is 13.3. The Morgan fingerprint density at radius 1 is 1.43 bits per heavy atom. The molecule has 7 nitrogen and oxygen atoms in total. The van der Waals surface area contributed by atoms with Crippen LogP contribution in [0.15, 0.2) is 17.1 Å². The summed E-state index contributed by atoms with van der Waals surface area (Å²) in [5.41, 5.74) is 4.65. The first-order valence-electron chi connectivity index (χ1n) is 6.82. The van der Waals surface area contributed by atoms with Gasteiger partial charge in [0.05, 0.1) is 26.0 Å². The van der Waals surface area contributed by atoms with Crippen LogP contribution >= 0.6 is 12.6 Å². The molecular formula is C15H20N4O3S. The highest BCUT2D eigenvalue weighted by molar-refractivity contribution is 7.82. The molecule has 0 fully saturated rings. The van der Waals surface area contributed by atoms with Crippen molar-refractivity contribution in [1.29, 1.82) is 5.26 Å².